The molecule has 1 heterocycles. The van der Waals surface area contributed by atoms with E-state index in [1.54, 1.807) is 12.3 Å². The second-order valence-corrected chi connectivity index (χ2v) is 4.88. The van der Waals surface area contributed by atoms with Crippen molar-refractivity contribution < 1.29 is 19.6 Å². The molecule has 0 saturated carbocycles. The molecule has 1 N–H and O–H groups in total. The molecule has 0 unspecified atom stereocenters. The number of hydrogen-bond acceptors (Lipinski definition) is 5. The molecule has 7 nitrogen and oxygen atoms in total. The summed E-state index contributed by atoms with van der Waals surface area (Å²) >= 11 is 3.31. The number of carboxylic acid groups (broad SMARTS) is 1. The van der Waals surface area contributed by atoms with E-state index in [0.29, 0.717) is 4.47 Å². The summed E-state index contributed by atoms with van der Waals surface area (Å²) in [6.45, 7) is 1.84. The number of nitro groups is 1. The number of aromatic nitrogens is 1. The zero-order valence-corrected chi connectivity index (χ0v) is 12.3. The highest BCUT2D eigenvalue weighted by Crippen LogP contribution is 2.32. The Balaban J connectivity index is 2.42. The number of rotatable bonds is 4. The third-order valence-corrected chi connectivity index (χ3v) is 3.62. The van der Waals surface area contributed by atoms with Crippen molar-refractivity contribution in [2.45, 2.75) is 6.92 Å². The molecule has 0 fully saturated rings. The molecule has 2 aromatic rings. The van der Waals surface area contributed by atoms with E-state index in [9.17, 15) is 14.9 Å². The Labute approximate surface area is 127 Å². The summed E-state index contributed by atoms with van der Waals surface area (Å²) in [4.78, 5) is 25.1. The number of aromatic carboxylic acids is 1. The summed E-state index contributed by atoms with van der Waals surface area (Å²) in [5.74, 6) is -1.000. The monoisotopic (exact) mass is 352 g/mol. The number of pyridine rings is 1. The van der Waals surface area contributed by atoms with Gasteiger partial charge in [-0.15, -0.1) is 0 Å². The summed E-state index contributed by atoms with van der Waals surface area (Å²) in [6.07, 6.45) is 1.54. The first-order valence-corrected chi connectivity index (χ1v) is 6.50. The minimum atomic E-state index is -1.40. The van der Waals surface area contributed by atoms with Gasteiger partial charge in [0.15, 0.2) is 0 Å². The van der Waals surface area contributed by atoms with E-state index in [0.717, 1.165) is 17.7 Å². The van der Waals surface area contributed by atoms with Gasteiger partial charge in [-0.3, -0.25) is 10.1 Å². The van der Waals surface area contributed by atoms with Gasteiger partial charge in [-0.2, -0.15) is 0 Å². The van der Waals surface area contributed by atoms with E-state index < -0.39 is 22.1 Å². The first-order chi connectivity index (χ1) is 9.90. The van der Waals surface area contributed by atoms with E-state index in [4.69, 9.17) is 9.84 Å². The number of ether oxygens (including phenoxy) is 1. The molecule has 1 aromatic carbocycles. The van der Waals surface area contributed by atoms with Crippen LogP contribution in [0, 0.1) is 17.0 Å². The normalized spacial score (nSPS) is 10.2. The van der Waals surface area contributed by atoms with Gasteiger partial charge in [0.1, 0.15) is 11.3 Å². The lowest BCUT2D eigenvalue weighted by Gasteiger charge is -2.08. The fourth-order valence-electron chi connectivity index (χ4n) is 1.61. The summed E-state index contributed by atoms with van der Waals surface area (Å²) in [7, 11) is 0. The molecule has 8 heteroatoms. The van der Waals surface area contributed by atoms with E-state index in [1.807, 2.05) is 6.92 Å². The zero-order valence-electron chi connectivity index (χ0n) is 10.7. The van der Waals surface area contributed by atoms with Crippen molar-refractivity contribution in [3.63, 3.8) is 0 Å². The van der Waals surface area contributed by atoms with Gasteiger partial charge >= 0.3 is 5.97 Å². The zero-order chi connectivity index (χ0) is 15.6. The van der Waals surface area contributed by atoms with Gasteiger partial charge in [0.2, 0.25) is 5.88 Å². The highest BCUT2D eigenvalue weighted by molar-refractivity contribution is 9.10. The quantitative estimate of drug-likeness (QED) is 0.666. The Morgan fingerprint density at radius 1 is 1.43 bits per heavy atom. The number of carboxylic acids is 1. The summed E-state index contributed by atoms with van der Waals surface area (Å²) in [5, 5.41) is 19.8. The fourth-order valence-corrected chi connectivity index (χ4v) is 1.92. The fraction of sp³-hybridized carbons (Fsp3) is 0.0769. The van der Waals surface area contributed by atoms with Crippen LogP contribution in [0.4, 0.5) is 5.69 Å². The lowest BCUT2D eigenvalue weighted by atomic mass is 10.1. The maximum atomic E-state index is 11.1. The van der Waals surface area contributed by atoms with Crippen molar-refractivity contribution in [2.24, 2.45) is 0 Å². The molecule has 108 valence electrons. The Hall–Kier alpha value is -2.48. The van der Waals surface area contributed by atoms with E-state index in [2.05, 4.69) is 20.9 Å². The summed E-state index contributed by atoms with van der Waals surface area (Å²) < 4.78 is 6.10. The molecular weight excluding hydrogens is 344 g/mol. The molecule has 0 atom stereocenters. The molecule has 0 saturated heterocycles. The van der Waals surface area contributed by atoms with Crippen LogP contribution in [0.5, 0.6) is 11.6 Å². The van der Waals surface area contributed by atoms with Crippen LogP contribution in [-0.2, 0) is 0 Å². The van der Waals surface area contributed by atoms with Crippen LogP contribution in [-0.4, -0.2) is 21.0 Å². The van der Waals surface area contributed by atoms with Gasteiger partial charge in [0, 0.05) is 18.3 Å². The van der Waals surface area contributed by atoms with Crippen molar-refractivity contribution >= 4 is 27.6 Å². The Bertz CT molecular complexity index is 732. The van der Waals surface area contributed by atoms with Gasteiger partial charge < -0.3 is 9.84 Å². The molecular formula is C13H9BrN2O5. The molecule has 2 rings (SSSR count). The van der Waals surface area contributed by atoms with Crippen molar-refractivity contribution in [1.29, 1.82) is 0 Å². The maximum Gasteiger partial charge on any atom is 0.342 e. The first-order valence-electron chi connectivity index (χ1n) is 5.71. The largest absolute Gasteiger partial charge is 0.477 e. The second kappa shape index (κ2) is 5.88. The second-order valence-electron chi connectivity index (χ2n) is 4.09. The predicted octanol–water partition coefficient (Wildman–Crippen LogP) is 3.55. The molecule has 0 radical (unpaired) electrons. The number of aryl methyl sites for hydroxylation is 1. The first kappa shape index (κ1) is 14.9. The third kappa shape index (κ3) is 3.16. The number of nitrogens with zero attached hydrogens (tertiary/aromatic N) is 2. The highest BCUT2D eigenvalue weighted by Gasteiger charge is 2.21. The van der Waals surface area contributed by atoms with Crippen molar-refractivity contribution in [2.75, 3.05) is 0 Å². The molecule has 1 aromatic heterocycles. The number of nitro benzene ring substituents is 1. The summed E-state index contributed by atoms with van der Waals surface area (Å²) in [5.41, 5.74) is -0.0484. The van der Waals surface area contributed by atoms with Crippen molar-refractivity contribution in [3.05, 3.63) is 56.2 Å². The van der Waals surface area contributed by atoms with Gasteiger partial charge in [-0.05, 0) is 40.5 Å². The molecule has 0 amide bonds. The standard InChI is InChI=1S/C13H9BrN2O5/c1-7-4-5-15-12(11(7)14)21-8-2-3-10(16(19)20)9(6-8)13(17)18/h2-6H,1H3,(H,17,18). The molecule has 0 aliphatic rings. The Kier molecular flexibility index (Phi) is 4.18. The van der Waals surface area contributed by atoms with Crippen LogP contribution in [0.1, 0.15) is 15.9 Å². The summed E-state index contributed by atoms with van der Waals surface area (Å²) in [6, 6.07) is 5.27. The van der Waals surface area contributed by atoms with E-state index in [-0.39, 0.29) is 11.6 Å². The van der Waals surface area contributed by atoms with E-state index >= 15 is 0 Å². The van der Waals surface area contributed by atoms with Crippen LogP contribution >= 0.6 is 15.9 Å². The lowest BCUT2D eigenvalue weighted by Crippen LogP contribution is -2.03. The predicted molar refractivity (Wildman–Crippen MR) is 76.8 cm³/mol. The van der Waals surface area contributed by atoms with Crippen LogP contribution < -0.4 is 4.74 Å². The Morgan fingerprint density at radius 2 is 2.14 bits per heavy atom. The third-order valence-electron chi connectivity index (χ3n) is 2.66. The van der Waals surface area contributed by atoms with Gasteiger partial charge in [0.25, 0.3) is 5.69 Å². The molecule has 0 bridgehead atoms. The van der Waals surface area contributed by atoms with Crippen LogP contribution in [0.2, 0.25) is 0 Å². The molecule has 0 spiro atoms. The van der Waals surface area contributed by atoms with E-state index in [1.165, 1.54) is 6.07 Å². The smallest absolute Gasteiger partial charge is 0.342 e. The van der Waals surface area contributed by atoms with Gasteiger partial charge in [0.05, 0.1) is 9.40 Å². The number of carbonyl (C=O) groups is 1. The van der Waals surface area contributed by atoms with Gasteiger partial charge in [-0.25, -0.2) is 9.78 Å². The van der Waals surface area contributed by atoms with Crippen LogP contribution in [0.15, 0.2) is 34.9 Å². The van der Waals surface area contributed by atoms with Crippen LogP contribution in [0.25, 0.3) is 0 Å². The lowest BCUT2D eigenvalue weighted by molar-refractivity contribution is -0.385. The van der Waals surface area contributed by atoms with Crippen molar-refractivity contribution in [3.8, 4) is 11.6 Å². The average molecular weight is 353 g/mol. The molecule has 21 heavy (non-hydrogen) atoms. The van der Waals surface area contributed by atoms with Crippen molar-refractivity contribution in [1.82, 2.24) is 4.98 Å². The molecule has 0 aliphatic carbocycles. The van der Waals surface area contributed by atoms with Gasteiger partial charge in [-0.1, -0.05) is 0 Å². The number of halogens is 1. The minimum absolute atomic E-state index is 0.150. The minimum Gasteiger partial charge on any atom is -0.477 e. The van der Waals surface area contributed by atoms with Crippen LogP contribution in [0.3, 0.4) is 0 Å². The average Bonchev–Trinajstić information content (AvgIpc) is 2.43. The maximum absolute atomic E-state index is 11.1. The SMILES string of the molecule is Cc1ccnc(Oc2ccc([N+](=O)[O-])c(C(=O)O)c2)c1Br. The number of hydrogen-bond donors (Lipinski definition) is 1. The topological polar surface area (TPSA) is 103 Å². The number of benzene rings is 1. The Morgan fingerprint density at radius 3 is 2.76 bits per heavy atom. The highest BCUT2D eigenvalue weighted by atomic mass is 79.9. The molecule has 0 aliphatic heterocycles.